The Kier molecular flexibility index (Phi) is 5.15. The van der Waals surface area contributed by atoms with Gasteiger partial charge >= 0.3 is 6.97 Å². The highest BCUT2D eigenvalue weighted by Gasteiger charge is 2.59. The first-order valence-electron chi connectivity index (χ1n) is 15.7. The van der Waals surface area contributed by atoms with Crippen LogP contribution in [0.4, 0.5) is 8.63 Å². The molecule has 0 atom stereocenters. The quantitative estimate of drug-likeness (QED) is 0.182. The van der Waals surface area contributed by atoms with Crippen LogP contribution in [0.2, 0.25) is 0 Å². The van der Waals surface area contributed by atoms with E-state index < -0.39 is 12.9 Å². The highest BCUT2D eigenvalue weighted by Crippen LogP contribution is 2.47. The zero-order chi connectivity index (χ0) is 32.3. The van der Waals surface area contributed by atoms with Gasteiger partial charge in [0.25, 0.3) is 0 Å². The van der Waals surface area contributed by atoms with E-state index in [0.717, 1.165) is 48.1 Å². The van der Waals surface area contributed by atoms with Crippen LogP contribution in [0, 0.1) is 11.3 Å². The fraction of sp³-hybridized carbons (Fsp3) is 0. The number of hydrogen-bond donors (Lipinski definition) is 0. The molecule has 3 aromatic heterocycles. The maximum atomic E-state index is 16.4. The van der Waals surface area contributed by atoms with Crippen LogP contribution in [0.25, 0.3) is 66.3 Å². The number of allylic oxidation sites excluding steroid dienone is 1. The molecule has 9 heteroatoms. The van der Waals surface area contributed by atoms with Gasteiger partial charge in [0, 0.05) is 44.4 Å². The Morgan fingerprint density at radius 1 is 0.604 bits per heavy atom. The predicted molar refractivity (Wildman–Crippen MR) is 184 cm³/mol. The van der Waals surface area contributed by atoms with Crippen LogP contribution >= 0.6 is 0 Å². The van der Waals surface area contributed by atoms with Gasteiger partial charge in [-0.2, -0.15) is 5.26 Å². The average Bonchev–Trinajstić information content (AvgIpc) is 3.74. The molecule has 0 unspecified atom stereocenters. The third-order valence-corrected chi connectivity index (χ3v) is 9.84. The fourth-order valence-corrected chi connectivity index (χ4v) is 7.88. The second-order valence-corrected chi connectivity index (χ2v) is 12.2. The molecule has 0 saturated heterocycles. The number of nitrogens with zero attached hydrogens (tertiary/aromatic N) is 5. The van der Waals surface area contributed by atoms with Gasteiger partial charge in [0.15, 0.2) is 5.69 Å². The van der Waals surface area contributed by atoms with Crippen molar-refractivity contribution in [2.45, 2.75) is 0 Å². The number of rotatable bonds is 2. The van der Waals surface area contributed by atoms with E-state index in [1.54, 1.807) is 12.1 Å². The normalized spacial score (nSPS) is 14.9. The van der Waals surface area contributed by atoms with Crippen LogP contribution in [-0.2, 0) is 0 Å². The van der Waals surface area contributed by atoms with Crippen LogP contribution < -0.4 is 4.48 Å². The number of para-hydroxylation sites is 4. The fourth-order valence-electron chi connectivity index (χ4n) is 7.88. The van der Waals surface area contributed by atoms with Crippen molar-refractivity contribution in [3.05, 3.63) is 150 Å². The van der Waals surface area contributed by atoms with Crippen LogP contribution in [0.5, 0.6) is 0 Å². The molecule has 0 radical (unpaired) electrons. The molecular formula is C39H22BF2N5O. The van der Waals surface area contributed by atoms with E-state index in [-0.39, 0.29) is 22.5 Å². The molecule has 226 valence electrons. The van der Waals surface area contributed by atoms with Gasteiger partial charge in [-0.25, -0.2) is 0 Å². The summed E-state index contributed by atoms with van der Waals surface area (Å²) in [6, 6.07) is 42.6. The van der Waals surface area contributed by atoms with Crippen molar-refractivity contribution >= 4 is 67.8 Å². The highest BCUT2D eigenvalue weighted by molar-refractivity contribution is 6.61. The van der Waals surface area contributed by atoms with E-state index in [2.05, 4.69) is 39.5 Å². The summed E-state index contributed by atoms with van der Waals surface area (Å²) in [4.78, 5) is 14.8. The maximum absolute atomic E-state index is 16.4. The van der Waals surface area contributed by atoms with E-state index >= 15 is 8.63 Å². The minimum absolute atomic E-state index is 0.0216. The van der Waals surface area contributed by atoms with Gasteiger partial charge in [-0.3, -0.25) is 4.79 Å². The van der Waals surface area contributed by atoms with Crippen LogP contribution in [0.15, 0.2) is 134 Å². The standard InChI is InChI=1S/C39H22BF2N5O/c41-40(42)44-20-10-9-15-31(44)30(23-43)38-28-21-36(45-32-16-5-1-11-24(32)25-12-2-6-17-33(25)45)37(22-29(28)39(48)47(38)40)46-34-18-7-3-13-26(34)27-14-4-8-19-35(27)46/h1-22H. The lowest BCUT2D eigenvalue weighted by Gasteiger charge is -2.35. The molecule has 2 aliphatic rings. The molecule has 48 heavy (non-hydrogen) atoms. The zero-order valence-electron chi connectivity index (χ0n) is 25.2. The lowest BCUT2D eigenvalue weighted by Crippen LogP contribution is -2.72. The summed E-state index contributed by atoms with van der Waals surface area (Å²) in [6.45, 7) is -4.59. The maximum Gasteiger partial charge on any atom is 0.739 e. The average molecular weight is 625 g/mol. The van der Waals surface area contributed by atoms with E-state index in [0.29, 0.717) is 21.7 Å². The number of carbonyl (C=O) groups excluding carboxylic acids is 1. The third kappa shape index (κ3) is 3.23. The topological polar surface area (TPSA) is 57.8 Å². The Balaban J connectivity index is 1.40. The van der Waals surface area contributed by atoms with Crippen LogP contribution in [-0.4, -0.2) is 26.8 Å². The molecular weight excluding hydrogens is 603 g/mol. The first kappa shape index (κ1) is 26.7. The number of nitriles is 1. The van der Waals surface area contributed by atoms with Crippen molar-refractivity contribution in [3.8, 4) is 17.4 Å². The summed E-state index contributed by atoms with van der Waals surface area (Å²) < 4.78 is 37.9. The van der Waals surface area contributed by atoms with Gasteiger partial charge < -0.3 is 27.1 Å². The molecule has 0 spiro atoms. The van der Waals surface area contributed by atoms with Gasteiger partial charge in [0.2, 0.25) is 5.91 Å². The van der Waals surface area contributed by atoms with Gasteiger partial charge in [-0.05, 0) is 42.5 Å². The molecule has 8 aromatic rings. The van der Waals surface area contributed by atoms with E-state index in [1.807, 2.05) is 78.9 Å². The van der Waals surface area contributed by atoms with Crippen molar-refractivity contribution < 1.29 is 17.9 Å². The first-order chi connectivity index (χ1) is 23.5. The van der Waals surface area contributed by atoms with E-state index in [1.165, 1.54) is 18.3 Å². The molecule has 5 heterocycles. The van der Waals surface area contributed by atoms with Crippen LogP contribution in [0.1, 0.15) is 21.6 Å². The molecule has 5 aromatic carbocycles. The highest BCUT2D eigenvalue weighted by atomic mass is 19.2. The number of halogens is 2. The smallest absolute Gasteiger partial charge is 0.389 e. The summed E-state index contributed by atoms with van der Waals surface area (Å²) in [5.74, 6) is -0.837. The monoisotopic (exact) mass is 625 g/mol. The SMILES string of the molecule is N#CC1=C2c3cc(-n4c5ccccc5c5ccccc54)c(-n4c5ccccc5c5ccccc54)cc3C(=O)N2[B-](F)(F)[n+]2ccccc21. The Bertz CT molecular complexity index is 2720. The number of amides is 1. The molecule has 0 aliphatic carbocycles. The third-order valence-electron chi connectivity index (χ3n) is 9.84. The van der Waals surface area contributed by atoms with Crippen molar-refractivity contribution in [3.63, 3.8) is 0 Å². The number of benzene rings is 5. The van der Waals surface area contributed by atoms with Gasteiger partial charge in [-0.15, -0.1) is 0 Å². The summed E-state index contributed by atoms with van der Waals surface area (Å²) in [6.07, 6.45) is 1.23. The van der Waals surface area contributed by atoms with Crippen molar-refractivity contribution in [1.29, 1.82) is 5.26 Å². The van der Waals surface area contributed by atoms with Gasteiger partial charge in [0.1, 0.15) is 17.8 Å². The number of carbonyl (C=O) groups is 1. The van der Waals surface area contributed by atoms with Crippen molar-refractivity contribution in [2.75, 3.05) is 0 Å². The molecule has 0 fully saturated rings. The van der Waals surface area contributed by atoms with E-state index in [9.17, 15) is 10.1 Å². The minimum Gasteiger partial charge on any atom is -0.389 e. The first-order valence-corrected chi connectivity index (χ1v) is 15.7. The Morgan fingerprint density at radius 3 is 1.52 bits per heavy atom. The summed E-state index contributed by atoms with van der Waals surface area (Å²) in [5.41, 5.74) is 5.48. The predicted octanol–water partition coefficient (Wildman–Crippen LogP) is 8.25. The lowest BCUT2D eigenvalue weighted by atomic mass is 9.85. The molecule has 10 rings (SSSR count). The second-order valence-electron chi connectivity index (χ2n) is 12.2. The molecule has 0 saturated carbocycles. The molecule has 0 N–H and O–H groups in total. The largest absolute Gasteiger partial charge is 0.739 e. The second kappa shape index (κ2) is 9.27. The summed E-state index contributed by atoms with van der Waals surface area (Å²) >= 11 is 0. The zero-order valence-corrected chi connectivity index (χ0v) is 25.2. The summed E-state index contributed by atoms with van der Waals surface area (Å²) in [5, 5.41) is 14.6. The minimum atomic E-state index is -4.59. The van der Waals surface area contributed by atoms with Crippen molar-refractivity contribution in [1.82, 2.24) is 13.9 Å². The Hall–Kier alpha value is -6.53. The molecule has 6 nitrogen and oxygen atoms in total. The number of pyridine rings is 1. The van der Waals surface area contributed by atoms with Gasteiger partial charge in [0.05, 0.1) is 33.4 Å². The van der Waals surface area contributed by atoms with E-state index in [4.69, 9.17) is 0 Å². The Morgan fingerprint density at radius 2 is 1.04 bits per heavy atom. The van der Waals surface area contributed by atoms with Crippen molar-refractivity contribution in [2.24, 2.45) is 0 Å². The summed E-state index contributed by atoms with van der Waals surface area (Å²) in [7, 11) is 0. The van der Waals surface area contributed by atoms with Crippen LogP contribution in [0.3, 0.4) is 0 Å². The Labute approximate surface area is 272 Å². The number of fused-ring (bicyclic) bond motifs is 10. The molecule has 2 aliphatic heterocycles. The molecule has 1 amide bonds. The van der Waals surface area contributed by atoms with Gasteiger partial charge in [-0.1, -0.05) is 78.9 Å². The molecule has 0 bridgehead atoms. The number of hydrogen-bond acceptors (Lipinski definition) is 2. The number of aromatic nitrogens is 3. The lowest BCUT2D eigenvalue weighted by molar-refractivity contribution is -0.576.